The molecule has 0 spiro atoms. The molecule has 2 rings (SSSR count). The maximum absolute atomic E-state index is 13.7. The van der Waals surface area contributed by atoms with Crippen molar-refractivity contribution in [2.45, 2.75) is 6.42 Å². The van der Waals surface area contributed by atoms with E-state index in [1.54, 1.807) is 0 Å². The van der Waals surface area contributed by atoms with Crippen molar-refractivity contribution in [3.63, 3.8) is 0 Å². The van der Waals surface area contributed by atoms with Crippen molar-refractivity contribution in [1.82, 2.24) is 0 Å². The molecule has 0 bridgehead atoms. The van der Waals surface area contributed by atoms with Gasteiger partial charge in [-0.3, -0.25) is 0 Å². The molecule has 20 heavy (non-hydrogen) atoms. The van der Waals surface area contributed by atoms with Gasteiger partial charge < -0.3 is 0 Å². The second-order valence-corrected chi connectivity index (χ2v) is 6.86. The number of allylic oxidation sites excluding steroid dienone is 6. The minimum atomic E-state index is -2.17. The fraction of sp³-hybridized carbons (Fsp3) is 0.0769. The Kier molecular flexibility index (Phi) is 4.56. The predicted molar refractivity (Wildman–Crippen MR) is 56.3 cm³/mol. The van der Waals surface area contributed by atoms with Gasteiger partial charge in [0.05, 0.1) is 6.42 Å². The molecule has 0 amide bonds. The van der Waals surface area contributed by atoms with Gasteiger partial charge in [-0.2, -0.15) is 4.39 Å². The molecule has 7 heteroatoms. The highest BCUT2D eigenvalue weighted by Crippen LogP contribution is 2.33. The maximum Gasteiger partial charge on any atom is 0.356 e. The van der Waals surface area contributed by atoms with Gasteiger partial charge in [0.1, 0.15) is 11.6 Å². The Morgan fingerprint density at radius 3 is 1.85 bits per heavy atom. The molecule has 0 radical (unpaired) electrons. The molecule has 0 heterocycles. The van der Waals surface area contributed by atoms with Crippen LogP contribution in [0.5, 0.6) is 0 Å². The molecular weight excluding hydrogens is 397 g/mol. The maximum atomic E-state index is 13.7. The van der Waals surface area contributed by atoms with Crippen LogP contribution in [0.1, 0.15) is 6.42 Å². The number of rotatable bonds is 2. The zero-order valence-electron chi connectivity index (χ0n) is 9.66. The molecule has 0 nitrogen and oxygen atoms in total. The third kappa shape index (κ3) is 3.08. The summed E-state index contributed by atoms with van der Waals surface area (Å²) in [5, 5.41) is 0. The first-order chi connectivity index (χ1) is 9.40. The molecule has 1 aromatic rings. The summed E-state index contributed by atoms with van der Waals surface area (Å²) in [6.07, 6.45) is -0.830. The average molecular weight is 403 g/mol. The zero-order valence-corrected chi connectivity index (χ0v) is 11.8. The van der Waals surface area contributed by atoms with E-state index in [-0.39, 0.29) is 3.58 Å². The quantitative estimate of drug-likeness (QED) is 0.524. The summed E-state index contributed by atoms with van der Waals surface area (Å²) in [6.45, 7) is 0. The normalized spacial score (nSPS) is 16.9. The molecule has 0 N–H and O–H groups in total. The highest BCUT2D eigenvalue weighted by atomic mass is 127. The summed E-state index contributed by atoms with van der Waals surface area (Å²) in [5.41, 5.74) is 0. The lowest BCUT2D eigenvalue weighted by atomic mass is 10.3. The van der Waals surface area contributed by atoms with Crippen LogP contribution in [-0.2, 0) is 0 Å². The molecule has 0 unspecified atom stereocenters. The van der Waals surface area contributed by atoms with Crippen LogP contribution >= 0.6 is 0 Å². The Hall–Kier alpha value is -1.25. The van der Waals surface area contributed by atoms with E-state index < -0.39 is 62.6 Å². The van der Waals surface area contributed by atoms with Crippen molar-refractivity contribution in [2.75, 3.05) is 0 Å². The van der Waals surface area contributed by atoms with E-state index in [4.69, 9.17) is 0 Å². The lowest BCUT2D eigenvalue weighted by molar-refractivity contribution is -0.580. The van der Waals surface area contributed by atoms with Gasteiger partial charge in [-0.25, -0.2) is 22.0 Å². The minimum Gasteiger partial charge on any atom is -0.208 e. The third-order valence-electron chi connectivity index (χ3n) is 2.39. The van der Waals surface area contributed by atoms with E-state index in [0.29, 0.717) is 3.57 Å². The SMILES string of the molecule is FC1=C(F)C(F)=C(F)C(F)=C([I+]c2ccc(F)cc2)C1. The molecule has 0 fully saturated rings. The van der Waals surface area contributed by atoms with E-state index in [9.17, 15) is 26.3 Å². The summed E-state index contributed by atoms with van der Waals surface area (Å²) in [5.74, 6) is -9.87. The van der Waals surface area contributed by atoms with Crippen molar-refractivity contribution in [3.8, 4) is 0 Å². The first-order valence-electron chi connectivity index (χ1n) is 5.29. The Balaban J connectivity index is 2.38. The van der Waals surface area contributed by atoms with Crippen molar-refractivity contribution in [1.29, 1.82) is 0 Å². The molecular formula is C13H6F6I+. The molecule has 106 valence electrons. The number of benzene rings is 1. The first kappa shape index (κ1) is 15.1. The van der Waals surface area contributed by atoms with Crippen LogP contribution in [0.25, 0.3) is 0 Å². The zero-order chi connectivity index (χ0) is 14.9. The van der Waals surface area contributed by atoms with Gasteiger partial charge >= 0.3 is 21.2 Å². The summed E-state index contributed by atoms with van der Waals surface area (Å²) in [6, 6.07) is 4.90. The molecule has 0 saturated heterocycles. The van der Waals surface area contributed by atoms with E-state index in [1.807, 2.05) is 0 Å². The summed E-state index contributed by atoms with van der Waals surface area (Å²) < 4.78 is 79.1. The molecule has 1 aromatic carbocycles. The third-order valence-corrected chi connectivity index (χ3v) is 5.24. The first-order valence-corrected chi connectivity index (χ1v) is 7.45. The van der Waals surface area contributed by atoms with Gasteiger partial charge in [-0.15, -0.1) is 0 Å². The van der Waals surface area contributed by atoms with Gasteiger partial charge in [0.2, 0.25) is 15.2 Å². The lowest BCUT2D eigenvalue weighted by Crippen LogP contribution is -3.61. The fourth-order valence-corrected chi connectivity index (χ4v) is 3.89. The Labute approximate surface area is 120 Å². The summed E-state index contributed by atoms with van der Waals surface area (Å²) >= 11 is -1.40. The van der Waals surface area contributed by atoms with Crippen LogP contribution in [0, 0.1) is 9.39 Å². The molecule has 0 aromatic heterocycles. The predicted octanol–water partition coefficient (Wildman–Crippen LogP) is 1.97. The Morgan fingerprint density at radius 2 is 1.25 bits per heavy atom. The summed E-state index contributed by atoms with van der Waals surface area (Å²) in [4.78, 5) is 0. The van der Waals surface area contributed by atoms with Gasteiger partial charge in [-0.05, 0) is 24.3 Å². The second-order valence-electron chi connectivity index (χ2n) is 3.77. The van der Waals surface area contributed by atoms with E-state index in [0.717, 1.165) is 12.1 Å². The van der Waals surface area contributed by atoms with Crippen LogP contribution in [0.4, 0.5) is 26.3 Å². The highest BCUT2D eigenvalue weighted by molar-refractivity contribution is 5.38. The van der Waals surface area contributed by atoms with Crippen molar-refractivity contribution >= 4 is 0 Å². The molecule has 0 atom stereocenters. The molecule has 1 aliphatic rings. The number of hydrogen-bond donors (Lipinski definition) is 0. The Bertz CT molecular complexity index is 627. The van der Waals surface area contributed by atoms with Gasteiger partial charge in [0, 0.05) is 0 Å². The van der Waals surface area contributed by atoms with Gasteiger partial charge in [0.25, 0.3) is 0 Å². The van der Waals surface area contributed by atoms with E-state index in [1.165, 1.54) is 12.1 Å². The van der Waals surface area contributed by atoms with Crippen LogP contribution < -0.4 is 21.2 Å². The van der Waals surface area contributed by atoms with E-state index >= 15 is 0 Å². The van der Waals surface area contributed by atoms with Crippen molar-refractivity contribution < 1.29 is 47.5 Å². The van der Waals surface area contributed by atoms with Gasteiger partial charge in [0.15, 0.2) is 15.2 Å². The van der Waals surface area contributed by atoms with Crippen molar-refractivity contribution in [2.24, 2.45) is 0 Å². The summed E-state index contributed by atoms with van der Waals surface area (Å²) in [7, 11) is 0. The van der Waals surface area contributed by atoms with Crippen LogP contribution in [-0.4, -0.2) is 0 Å². The van der Waals surface area contributed by atoms with Gasteiger partial charge in [-0.1, -0.05) is 0 Å². The highest BCUT2D eigenvalue weighted by Gasteiger charge is 2.35. The monoisotopic (exact) mass is 403 g/mol. The molecule has 0 saturated carbocycles. The molecule has 0 aliphatic heterocycles. The minimum absolute atomic E-state index is 0.340. The number of hydrogen-bond acceptors (Lipinski definition) is 0. The smallest absolute Gasteiger partial charge is 0.208 e. The van der Waals surface area contributed by atoms with Crippen LogP contribution in [0.2, 0.25) is 0 Å². The standard InChI is InChI=1S/C13H6F6I/c14-6-1-3-7(4-2-6)20-9-5-8(15)10(16)12(18)13(19)11(9)17/h1-4H,5H2/q+1. The van der Waals surface area contributed by atoms with Crippen molar-refractivity contribution in [3.05, 3.63) is 66.4 Å². The second kappa shape index (κ2) is 6.02. The fourth-order valence-electron chi connectivity index (χ4n) is 1.42. The number of halogens is 7. The molecule has 1 aliphatic carbocycles. The Morgan fingerprint density at radius 1 is 0.700 bits per heavy atom. The average Bonchev–Trinajstić information content (AvgIpc) is 2.50. The lowest BCUT2D eigenvalue weighted by Gasteiger charge is -1.93. The van der Waals surface area contributed by atoms with E-state index in [2.05, 4.69) is 0 Å². The van der Waals surface area contributed by atoms with Crippen LogP contribution in [0.3, 0.4) is 0 Å². The van der Waals surface area contributed by atoms with Crippen LogP contribution in [0.15, 0.2) is 57.0 Å². The topological polar surface area (TPSA) is 0 Å². The largest absolute Gasteiger partial charge is 0.356 e.